The van der Waals surface area contributed by atoms with Crippen LogP contribution >= 0.6 is 0 Å². The number of carboxylic acid groups (broad SMARTS) is 1. The number of nitrogens with zero attached hydrogens (tertiary/aromatic N) is 1. The summed E-state index contributed by atoms with van der Waals surface area (Å²) in [7, 11) is -2.91. The molecule has 1 fully saturated rings. The van der Waals surface area contributed by atoms with Gasteiger partial charge in [-0.25, -0.2) is 8.42 Å². The first-order valence-electron chi connectivity index (χ1n) is 6.45. The van der Waals surface area contributed by atoms with Crippen LogP contribution in [0.4, 0.5) is 0 Å². The average Bonchev–Trinajstić information content (AvgIpc) is 2.29. The summed E-state index contributed by atoms with van der Waals surface area (Å²) in [5.74, 6) is -0.378. The third kappa shape index (κ3) is 4.24. The summed E-state index contributed by atoms with van der Waals surface area (Å²) in [6.45, 7) is 5.48. The topological polar surface area (TPSA) is 74.7 Å². The molecule has 1 N–H and O–H groups in total. The fourth-order valence-electron chi connectivity index (χ4n) is 2.36. The van der Waals surface area contributed by atoms with E-state index in [1.54, 1.807) is 13.8 Å². The molecule has 1 saturated heterocycles. The van der Waals surface area contributed by atoms with Crippen LogP contribution in [0, 0.1) is 5.41 Å². The van der Waals surface area contributed by atoms with E-state index in [1.165, 1.54) is 0 Å². The third-order valence-corrected chi connectivity index (χ3v) is 5.45. The Morgan fingerprint density at radius 2 is 2.11 bits per heavy atom. The molecule has 0 radical (unpaired) electrons. The van der Waals surface area contributed by atoms with Crippen LogP contribution in [0.5, 0.6) is 0 Å². The standard InChI is InChI=1S/C12H23NO4S/c1-3-18(16,17)9-5-8-13-7-4-6-12(2,10-13)11(14)15/h3-10H2,1-2H3,(H,14,15). The first kappa shape index (κ1) is 15.4. The summed E-state index contributed by atoms with van der Waals surface area (Å²) < 4.78 is 22.7. The van der Waals surface area contributed by atoms with Crippen molar-refractivity contribution in [1.82, 2.24) is 4.90 Å². The highest BCUT2D eigenvalue weighted by Crippen LogP contribution is 2.29. The number of sulfone groups is 1. The van der Waals surface area contributed by atoms with Gasteiger partial charge in [0.1, 0.15) is 9.84 Å². The molecule has 1 heterocycles. The highest BCUT2D eigenvalue weighted by Gasteiger charge is 2.37. The van der Waals surface area contributed by atoms with Crippen molar-refractivity contribution in [1.29, 1.82) is 0 Å². The maximum Gasteiger partial charge on any atom is 0.310 e. The number of aliphatic carboxylic acids is 1. The highest BCUT2D eigenvalue weighted by molar-refractivity contribution is 7.91. The zero-order valence-corrected chi connectivity index (χ0v) is 12.0. The largest absolute Gasteiger partial charge is 0.481 e. The lowest BCUT2D eigenvalue weighted by Gasteiger charge is -2.37. The van der Waals surface area contributed by atoms with Crippen molar-refractivity contribution in [3.63, 3.8) is 0 Å². The molecule has 0 saturated carbocycles. The Morgan fingerprint density at radius 1 is 1.44 bits per heavy atom. The van der Waals surface area contributed by atoms with Crippen LogP contribution in [0.15, 0.2) is 0 Å². The van der Waals surface area contributed by atoms with Crippen molar-refractivity contribution in [2.75, 3.05) is 31.1 Å². The zero-order valence-electron chi connectivity index (χ0n) is 11.2. The Kier molecular flexibility index (Phi) is 5.16. The molecular formula is C12H23NO4S. The van der Waals surface area contributed by atoms with Gasteiger partial charge in [-0.05, 0) is 39.3 Å². The summed E-state index contributed by atoms with van der Waals surface area (Å²) in [6.07, 6.45) is 2.15. The monoisotopic (exact) mass is 277 g/mol. The molecule has 0 aromatic carbocycles. The number of rotatable bonds is 6. The second-order valence-electron chi connectivity index (χ2n) is 5.34. The van der Waals surface area contributed by atoms with E-state index in [4.69, 9.17) is 0 Å². The van der Waals surface area contributed by atoms with E-state index in [9.17, 15) is 18.3 Å². The Balaban J connectivity index is 2.42. The lowest BCUT2D eigenvalue weighted by atomic mass is 9.82. The number of carboxylic acids is 1. The smallest absolute Gasteiger partial charge is 0.310 e. The molecule has 1 atom stereocenters. The van der Waals surface area contributed by atoms with Crippen molar-refractivity contribution in [2.24, 2.45) is 5.41 Å². The van der Waals surface area contributed by atoms with Gasteiger partial charge >= 0.3 is 5.97 Å². The molecule has 1 aliphatic rings. The number of likely N-dealkylation sites (tertiary alicyclic amines) is 1. The van der Waals surface area contributed by atoms with Crippen molar-refractivity contribution in [2.45, 2.75) is 33.1 Å². The minimum Gasteiger partial charge on any atom is -0.481 e. The molecule has 1 rings (SSSR count). The first-order valence-corrected chi connectivity index (χ1v) is 8.27. The number of hydrogen-bond acceptors (Lipinski definition) is 4. The Labute approximate surface area is 109 Å². The maximum absolute atomic E-state index is 11.4. The Bertz CT molecular complexity index is 393. The van der Waals surface area contributed by atoms with Crippen LogP contribution in [-0.4, -0.2) is 55.5 Å². The van der Waals surface area contributed by atoms with Crippen molar-refractivity contribution in [3.8, 4) is 0 Å². The van der Waals surface area contributed by atoms with Crippen LogP contribution < -0.4 is 0 Å². The maximum atomic E-state index is 11.4. The van der Waals surface area contributed by atoms with Gasteiger partial charge in [-0.1, -0.05) is 6.92 Å². The molecule has 106 valence electrons. The Morgan fingerprint density at radius 3 is 2.67 bits per heavy atom. The molecule has 0 aromatic heterocycles. The summed E-state index contributed by atoms with van der Waals surface area (Å²) >= 11 is 0. The molecule has 0 spiro atoms. The molecule has 1 aliphatic heterocycles. The van der Waals surface area contributed by atoms with Crippen LogP contribution in [0.1, 0.15) is 33.1 Å². The van der Waals surface area contributed by atoms with E-state index >= 15 is 0 Å². The van der Waals surface area contributed by atoms with Crippen LogP contribution in [-0.2, 0) is 14.6 Å². The fourth-order valence-corrected chi connectivity index (χ4v) is 3.22. The van der Waals surface area contributed by atoms with Gasteiger partial charge in [0.25, 0.3) is 0 Å². The second kappa shape index (κ2) is 6.02. The summed E-state index contributed by atoms with van der Waals surface area (Å²) in [6, 6.07) is 0. The van der Waals surface area contributed by atoms with Gasteiger partial charge in [0, 0.05) is 12.3 Å². The van der Waals surface area contributed by atoms with E-state index in [2.05, 4.69) is 4.90 Å². The lowest BCUT2D eigenvalue weighted by molar-refractivity contribution is -0.151. The molecule has 0 amide bonds. The average molecular weight is 277 g/mol. The third-order valence-electron chi connectivity index (χ3n) is 3.66. The molecule has 18 heavy (non-hydrogen) atoms. The molecule has 5 nitrogen and oxygen atoms in total. The predicted octanol–water partition coefficient (Wildman–Crippen LogP) is 0.998. The van der Waals surface area contributed by atoms with E-state index in [1.807, 2.05) is 0 Å². The predicted molar refractivity (Wildman–Crippen MR) is 70.4 cm³/mol. The fraction of sp³-hybridized carbons (Fsp3) is 0.917. The van der Waals surface area contributed by atoms with Gasteiger partial charge in [-0.15, -0.1) is 0 Å². The summed E-state index contributed by atoms with van der Waals surface area (Å²) in [5, 5.41) is 9.19. The second-order valence-corrected chi connectivity index (χ2v) is 7.81. The Hall–Kier alpha value is -0.620. The molecule has 0 aromatic rings. The molecule has 0 aliphatic carbocycles. The van der Waals surface area contributed by atoms with Crippen LogP contribution in [0.25, 0.3) is 0 Å². The van der Waals surface area contributed by atoms with Crippen LogP contribution in [0.3, 0.4) is 0 Å². The lowest BCUT2D eigenvalue weighted by Crippen LogP contribution is -2.46. The van der Waals surface area contributed by atoms with E-state index in [0.717, 1.165) is 13.0 Å². The molecule has 0 bridgehead atoms. The zero-order chi connectivity index (χ0) is 13.8. The first-order chi connectivity index (χ1) is 8.29. The van der Waals surface area contributed by atoms with Crippen molar-refractivity contribution >= 4 is 15.8 Å². The minimum atomic E-state index is -2.91. The quantitative estimate of drug-likeness (QED) is 0.784. The highest BCUT2D eigenvalue weighted by atomic mass is 32.2. The minimum absolute atomic E-state index is 0.180. The molecule has 6 heteroatoms. The number of hydrogen-bond donors (Lipinski definition) is 1. The van der Waals surface area contributed by atoms with Gasteiger partial charge in [0.15, 0.2) is 0 Å². The summed E-state index contributed by atoms with van der Waals surface area (Å²) in [4.78, 5) is 13.3. The van der Waals surface area contributed by atoms with Crippen molar-refractivity contribution in [3.05, 3.63) is 0 Å². The van der Waals surface area contributed by atoms with Crippen molar-refractivity contribution < 1.29 is 18.3 Å². The molecular weight excluding hydrogens is 254 g/mol. The normalized spacial score (nSPS) is 26.1. The summed E-state index contributed by atoms with van der Waals surface area (Å²) in [5.41, 5.74) is -0.679. The van der Waals surface area contributed by atoms with E-state index < -0.39 is 21.2 Å². The molecule has 1 unspecified atom stereocenters. The van der Waals surface area contributed by atoms with Gasteiger partial charge in [-0.3, -0.25) is 4.79 Å². The number of carbonyl (C=O) groups is 1. The van der Waals surface area contributed by atoms with Gasteiger partial charge in [-0.2, -0.15) is 0 Å². The van der Waals surface area contributed by atoms with E-state index in [-0.39, 0.29) is 11.5 Å². The van der Waals surface area contributed by atoms with Gasteiger partial charge in [0.2, 0.25) is 0 Å². The SMILES string of the molecule is CCS(=O)(=O)CCCN1CCCC(C)(C(=O)O)C1. The van der Waals surface area contributed by atoms with E-state index in [0.29, 0.717) is 25.9 Å². The van der Waals surface area contributed by atoms with Gasteiger partial charge < -0.3 is 10.0 Å². The van der Waals surface area contributed by atoms with Gasteiger partial charge in [0.05, 0.1) is 11.2 Å². The number of piperidine rings is 1. The van der Waals surface area contributed by atoms with Crippen LogP contribution in [0.2, 0.25) is 0 Å².